The third-order valence-electron chi connectivity index (χ3n) is 14.5. The van der Waals surface area contributed by atoms with E-state index in [9.17, 15) is 0 Å². The van der Waals surface area contributed by atoms with E-state index >= 15 is 0 Å². The maximum absolute atomic E-state index is 7.13. The van der Waals surface area contributed by atoms with Gasteiger partial charge in [0.25, 0.3) is 0 Å². The molecule has 14 rings (SSSR count). The van der Waals surface area contributed by atoms with Crippen molar-refractivity contribution in [2.24, 2.45) is 0 Å². The van der Waals surface area contributed by atoms with Crippen molar-refractivity contribution in [3.63, 3.8) is 0 Å². The molecule has 0 saturated heterocycles. The molecule has 0 N–H and O–H groups in total. The summed E-state index contributed by atoms with van der Waals surface area (Å²) in [5.41, 5.74) is 19.5. The van der Waals surface area contributed by atoms with Gasteiger partial charge in [-0.1, -0.05) is 166 Å². The molecule has 3 aliphatic rings. The van der Waals surface area contributed by atoms with Crippen LogP contribution in [0, 0.1) is 0 Å². The number of hydrogen-bond acceptors (Lipinski definition) is 4. The number of fused-ring (bicyclic) bond motifs is 14. The van der Waals surface area contributed by atoms with Crippen LogP contribution in [0.25, 0.3) is 55.0 Å². The van der Waals surface area contributed by atoms with Gasteiger partial charge in [0.1, 0.15) is 22.3 Å². The molecule has 9 aromatic carbocycles. The van der Waals surface area contributed by atoms with Gasteiger partial charge in [-0.25, -0.2) is 0 Å². The lowest BCUT2D eigenvalue weighted by Gasteiger charge is -2.52. The standard InChI is InChI=1S/C59H41BN2O2/c1-58(2,3)36-29-31-39(32-30-36)62-48-34-33-42-40-21-10-14-27-50(40)63-56(42)52(48)53-54-49(35-43-41-22-11-15-28-51(41)64-57(43)53)61-47-26-13-12-23-44(47)59(37-17-6-4-7-18-37,38-19-8-5-9-20-38)45-24-16-25-46(55(45)61)60(54)62/h4-35H,1-3H3. The highest BCUT2D eigenvalue weighted by Gasteiger charge is 2.54. The molecule has 0 amide bonds. The molecular formula is C59H41BN2O2. The van der Waals surface area contributed by atoms with E-state index < -0.39 is 5.41 Å². The highest BCUT2D eigenvalue weighted by Crippen LogP contribution is 2.60. The molecule has 0 fully saturated rings. The molecule has 3 aliphatic heterocycles. The molecule has 0 atom stereocenters. The topological polar surface area (TPSA) is 32.8 Å². The predicted octanol–water partition coefficient (Wildman–Crippen LogP) is 14.2. The molecule has 0 bridgehead atoms. The second-order valence-electron chi connectivity index (χ2n) is 18.7. The summed E-state index contributed by atoms with van der Waals surface area (Å²) in [5, 5.41) is 4.38. The lowest BCUT2D eigenvalue weighted by Crippen LogP contribution is -2.62. The Balaban J connectivity index is 1.19. The van der Waals surface area contributed by atoms with E-state index in [1.807, 2.05) is 0 Å². The number of anilines is 5. The summed E-state index contributed by atoms with van der Waals surface area (Å²) >= 11 is 0. The van der Waals surface area contributed by atoms with Gasteiger partial charge in [0.2, 0.25) is 0 Å². The Hall–Kier alpha value is -7.76. The minimum absolute atomic E-state index is 0.000877. The number of furan rings is 2. The molecule has 0 unspecified atom stereocenters. The average Bonchev–Trinajstić information content (AvgIpc) is 3.91. The molecular weight excluding hydrogens is 779 g/mol. The predicted molar refractivity (Wildman–Crippen MR) is 265 cm³/mol. The van der Waals surface area contributed by atoms with Crippen molar-refractivity contribution in [2.45, 2.75) is 31.6 Å². The van der Waals surface area contributed by atoms with Crippen LogP contribution >= 0.6 is 0 Å². The van der Waals surface area contributed by atoms with Gasteiger partial charge < -0.3 is 18.5 Å². The van der Waals surface area contributed by atoms with Gasteiger partial charge in [-0.3, -0.25) is 0 Å². The van der Waals surface area contributed by atoms with Crippen molar-refractivity contribution in [1.82, 2.24) is 0 Å². The molecule has 2 aromatic heterocycles. The molecule has 4 nitrogen and oxygen atoms in total. The minimum atomic E-state index is -0.611. The van der Waals surface area contributed by atoms with Crippen molar-refractivity contribution in [3.8, 4) is 11.1 Å². The van der Waals surface area contributed by atoms with Crippen molar-refractivity contribution in [1.29, 1.82) is 0 Å². The van der Waals surface area contributed by atoms with Crippen molar-refractivity contribution in [2.75, 3.05) is 9.71 Å². The third-order valence-corrected chi connectivity index (χ3v) is 14.5. The van der Waals surface area contributed by atoms with Crippen LogP contribution in [0.2, 0.25) is 0 Å². The molecule has 64 heavy (non-hydrogen) atoms. The second-order valence-corrected chi connectivity index (χ2v) is 18.7. The first-order valence-corrected chi connectivity index (χ1v) is 22.4. The molecule has 0 saturated carbocycles. The molecule has 5 heteroatoms. The first kappa shape index (κ1) is 35.8. The molecule has 0 aliphatic carbocycles. The van der Waals surface area contributed by atoms with E-state index in [0.29, 0.717) is 0 Å². The van der Waals surface area contributed by atoms with Crippen molar-refractivity contribution < 1.29 is 8.83 Å². The molecule has 0 radical (unpaired) electrons. The maximum atomic E-state index is 7.13. The first-order valence-electron chi connectivity index (χ1n) is 22.4. The van der Waals surface area contributed by atoms with Crippen LogP contribution in [0.15, 0.2) is 203 Å². The fourth-order valence-corrected chi connectivity index (χ4v) is 11.8. The summed E-state index contributed by atoms with van der Waals surface area (Å²) in [6, 6.07) is 71.6. The number of nitrogens with zero attached hydrogens (tertiary/aromatic N) is 2. The van der Waals surface area contributed by atoms with Gasteiger partial charge in [0, 0.05) is 49.9 Å². The Morgan fingerprint density at radius 3 is 1.75 bits per heavy atom. The van der Waals surface area contributed by atoms with E-state index in [4.69, 9.17) is 8.83 Å². The summed E-state index contributed by atoms with van der Waals surface area (Å²) in [4.78, 5) is 5.18. The quantitative estimate of drug-likeness (QED) is 0.166. The molecule has 5 heterocycles. The minimum Gasteiger partial charge on any atom is -0.455 e. The number of rotatable bonds is 3. The fourth-order valence-electron chi connectivity index (χ4n) is 11.8. The normalized spacial score (nSPS) is 14.5. The average molecular weight is 821 g/mol. The largest absolute Gasteiger partial charge is 0.455 e. The van der Waals surface area contributed by atoms with Gasteiger partial charge in [0.05, 0.1) is 16.7 Å². The zero-order valence-corrected chi connectivity index (χ0v) is 35.8. The first-order chi connectivity index (χ1) is 31.4. The summed E-state index contributed by atoms with van der Waals surface area (Å²) in [6.45, 7) is 6.63. The lowest BCUT2D eigenvalue weighted by molar-refractivity contribution is 0.590. The summed E-state index contributed by atoms with van der Waals surface area (Å²) in [5.74, 6) is 0. The smallest absolute Gasteiger partial charge is 0.333 e. The van der Waals surface area contributed by atoms with E-state index in [0.717, 1.165) is 77.8 Å². The van der Waals surface area contributed by atoms with Crippen LogP contribution in [0.3, 0.4) is 0 Å². The van der Waals surface area contributed by atoms with E-state index in [2.05, 4.69) is 225 Å². The third kappa shape index (κ3) is 4.53. The van der Waals surface area contributed by atoms with E-state index in [-0.39, 0.29) is 12.3 Å². The van der Waals surface area contributed by atoms with E-state index in [1.54, 1.807) is 0 Å². The van der Waals surface area contributed by atoms with Crippen LogP contribution < -0.4 is 20.6 Å². The monoisotopic (exact) mass is 820 g/mol. The summed E-state index contributed by atoms with van der Waals surface area (Å²) in [6.07, 6.45) is 0. The maximum Gasteiger partial charge on any atom is 0.333 e. The highest BCUT2D eigenvalue weighted by molar-refractivity contribution is 6.94. The Bertz CT molecular complexity index is 3690. The van der Waals surface area contributed by atoms with Crippen LogP contribution in [0.4, 0.5) is 28.4 Å². The second kappa shape index (κ2) is 12.7. The summed E-state index contributed by atoms with van der Waals surface area (Å²) in [7, 11) is 0. The molecule has 302 valence electrons. The Kier molecular flexibility index (Phi) is 7.09. The fraction of sp³-hybridized carbons (Fsp3) is 0.0847. The summed E-state index contributed by atoms with van der Waals surface area (Å²) < 4.78 is 14.2. The highest BCUT2D eigenvalue weighted by atomic mass is 16.3. The Morgan fingerprint density at radius 1 is 0.469 bits per heavy atom. The number of para-hydroxylation sites is 4. The van der Waals surface area contributed by atoms with Gasteiger partial charge in [0.15, 0.2) is 0 Å². The number of hydrogen-bond donors (Lipinski definition) is 0. The Morgan fingerprint density at radius 2 is 1.06 bits per heavy atom. The number of benzene rings is 9. The van der Waals surface area contributed by atoms with Gasteiger partial charge >= 0.3 is 6.85 Å². The van der Waals surface area contributed by atoms with Gasteiger partial charge in [-0.15, -0.1) is 0 Å². The van der Waals surface area contributed by atoms with Crippen molar-refractivity contribution >= 4 is 90.1 Å². The molecule has 11 aromatic rings. The zero-order chi connectivity index (χ0) is 42.5. The SMILES string of the molecule is CC(C)(C)c1ccc(N2B3c4cccc5c4N(c4ccccc4C5(c4ccccc4)c4ccccc4)c4cc5c(oc6ccccc65)c(c43)-c3c2ccc2c3oc3ccccc32)cc1. The lowest BCUT2D eigenvalue weighted by atomic mass is 9.42. The van der Waals surface area contributed by atoms with Crippen LogP contribution in [-0.2, 0) is 10.8 Å². The Labute approximate surface area is 371 Å². The van der Waals surface area contributed by atoms with E-state index in [1.165, 1.54) is 44.4 Å². The van der Waals surface area contributed by atoms with Gasteiger partial charge in [-0.2, -0.15) is 0 Å². The van der Waals surface area contributed by atoms with Crippen LogP contribution in [0.1, 0.15) is 48.6 Å². The zero-order valence-electron chi connectivity index (χ0n) is 35.8. The molecule has 0 spiro atoms. The van der Waals surface area contributed by atoms with Crippen LogP contribution in [-0.4, -0.2) is 6.85 Å². The van der Waals surface area contributed by atoms with Gasteiger partial charge in [-0.05, 0) is 92.7 Å². The van der Waals surface area contributed by atoms with Crippen molar-refractivity contribution in [3.05, 3.63) is 222 Å². The van der Waals surface area contributed by atoms with Crippen LogP contribution in [0.5, 0.6) is 0 Å².